The number of carbonyl (C=O) groups is 2. The maximum absolute atomic E-state index is 12.9. The highest BCUT2D eigenvalue weighted by Gasteiger charge is 2.38. The van der Waals surface area contributed by atoms with Crippen LogP contribution in [0.3, 0.4) is 0 Å². The average Bonchev–Trinajstić information content (AvgIpc) is 2.85. The van der Waals surface area contributed by atoms with Crippen LogP contribution in [0.1, 0.15) is 17.5 Å². The Bertz CT molecular complexity index is 741. The smallest absolute Gasteiger partial charge is 0.251 e. The Morgan fingerprint density at radius 3 is 2.42 bits per heavy atom. The minimum absolute atomic E-state index is 0.163. The van der Waals surface area contributed by atoms with Gasteiger partial charge in [0, 0.05) is 0 Å². The molecule has 2 amide bonds. The third kappa shape index (κ3) is 3.51. The fourth-order valence-corrected chi connectivity index (χ4v) is 2.80. The molecule has 1 aliphatic rings. The summed E-state index contributed by atoms with van der Waals surface area (Å²) in [4.78, 5) is 25.9. The van der Waals surface area contributed by atoms with Gasteiger partial charge in [-0.3, -0.25) is 9.59 Å². The van der Waals surface area contributed by atoms with Crippen molar-refractivity contribution in [1.29, 1.82) is 0 Å². The first-order chi connectivity index (χ1) is 11.5. The molecule has 0 spiro atoms. The first kappa shape index (κ1) is 16.3. The van der Waals surface area contributed by atoms with Gasteiger partial charge in [0.25, 0.3) is 5.91 Å². The topological polar surface area (TPSA) is 49.4 Å². The van der Waals surface area contributed by atoms with Crippen molar-refractivity contribution >= 4 is 17.5 Å². The Labute approximate surface area is 140 Å². The van der Waals surface area contributed by atoms with Crippen LogP contribution >= 0.6 is 0 Å². The van der Waals surface area contributed by atoms with E-state index in [9.17, 15) is 14.0 Å². The Balaban J connectivity index is 1.59. The monoisotopic (exact) mass is 326 g/mol. The van der Waals surface area contributed by atoms with E-state index in [0.29, 0.717) is 18.7 Å². The zero-order valence-corrected chi connectivity index (χ0v) is 13.5. The third-order valence-electron chi connectivity index (χ3n) is 4.16. The van der Waals surface area contributed by atoms with Gasteiger partial charge in [-0.1, -0.05) is 29.8 Å². The zero-order valence-electron chi connectivity index (χ0n) is 13.5. The maximum Gasteiger partial charge on any atom is 0.251 e. The van der Waals surface area contributed by atoms with Crippen molar-refractivity contribution in [3.8, 4) is 0 Å². The molecule has 0 bridgehead atoms. The Morgan fingerprint density at radius 2 is 1.75 bits per heavy atom. The molecule has 5 heteroatoms. The average molecular weight is 326 g/mol. The van der Waals surface area contributed by atoms with Crippen LogP contribution < -0.4 is 10.2 Å². The highest BCUT2D eigenvalue weighted by molar-refractivity contribution is 6.22. The predicted octanol–water partition coefficient (Wildman–Crippen LogP) is 2.60. The number of nitrogens with one attached hydrogen (secondary N) is 1. The lowest BCUT2D eigenvalue weighted by Gasteiger charge is -2.15. The quantitative estimate of drug-likeness (QED) is 0.859. The summed E-state index contributed by atoms with van der Waals surface area (Å²) >= 11 is 0. The lowest BCUT2D eigenvalue weighted by molar-refractivity contribution is -0.121. The molecule has 0 aromatic heterocycles. The summed E-state index contributed by atoms with van der Waals surface area (Å²) in [5.41, 5.74) is 2.67. The molecule has 124 valence electrons. The lowest BCUT2D eigenvalue weighted by Crippen LogP contribution is -2.39. The number of rotatable bonds is 5. The number of carbonyl (C=O) groups excluding carboxylic acids is 2. The number of benzene rings is 2. The van der Waals surface area contributed by atoms with Crippen molar-refractivity contribution in [2.24, 2.45) is 0 Å². The highest BCUT2D eigenvalue weighted by atomic mass is 19.1. The van der Waals surface area contributed by atoms with Gasteiger partial charge in [0.1, 0.15) is 5.82 Å². The molecular weight excluding hydrogens is 307 g/mol. The van der Waals surface area contributed by atoms with Crippen LogP contribution in [0.25, 0.3) is 0 Å². The second-order valence-corrected chi connectivity index (χ2v) is 5.99. The fourth-order valence-electron chi connectivity index (χ4n) is 2.80. The molecular formula is C19H19FN2O2. The van der Waals surface area contributed by atoms with Crippen molar-refractivity contribution in [2.75, 3.05) is 11.4 Å². The fraction of sp³-hybridized carbons (Fsp3) is 0.263. The SMILES string of the molecule is Cc1ccc(N2C(=O)C[C@H](NCCc3ccc(F)cc3)C2=O)cc1. The summed E-state index contributed by atoms with van der Waals surface area (Å²) in [7, 11) is 0. The minimum atomic E-state index is -0.501. The largest absolute Gasteiger partial charge is 0.305 e. The van der Waals surface area contributed by atoms with E-state index in [2.05, 4.69) is 5.32 Å². The molecule has 1 atom stereocenters. The first-order valence-electron chi connectivity index (χ1n) is 7.96. The molecule has 1 saturated heterocycles. The van der Waals surface area contributed by atoms with Crippen molar-refractivity contribution in [3.05, 3.63) is 65.5 Å². The number of hydrogen-bond donors (Lipinski definition) is 1. The zero-order chi connectivity index (χ0) is 17.1. The molecule has 1 heterocycles. The molecule has 0 radical (unpaired) electrons. The molecule has 4 nitrogen and oxygen atoms in total. The van der Waals surface area contributed by atoms with E-state index < -0.39 is 6.04 Å². The molecule has 2 aromatic rings. The minimum Gasteiger partial charge on any atom is -0.305 e. The Morgan fingerprint density at radius 1 is 1.08 bits per heavy atom. The predicted molar refractivity (Wildman–Crippen MR) is 90.2 cm³/mol. The van der Waals surface area contributed by atoms with E-state index in [-0.39, 0.29) is 24.1 Å². The van der Waals surface area contributed by atoms with Gasteiger partial charge in [-0.25, -0.2) is 9.29 Å². The standard InChI is InChI=1S/C19H19FN2O2/c1-13-2-8-16(9-3-13)22-18(23)12-17(19(22)24)21-11-10-14-4-6-15(20)7-5-14/h2-9,17,21H,10-12H2,1H3/t17-/m0/s1. The van der Waals surface area contributed by atoms with Gasteiger partial charge in [-0.05, 0) is 49.7 Å². The van der Waals surface area contributed by atoms with E-state index in [0.717, 1.165) is 11.1 Å². The van der Waals surface area contributed by atoms with Gasteiger partial charge in [-0.15, -0.1) is 0 Å². The molecule has 0 aliphatic carbocycles. The van der Waals surface area contributed by atoms with Gasteiger partial charge < -0.3 is 5.32 Å². The van der Waals surface area contributed by atoms with Crippen LogP contribution in [0, 0.1) is 12.7 Å². The number of aryl methyl sites for hydroxylation is 1. The van der Waals surface area contributed by atoms with Crippen LogP contribution in [-0.4, -0.2) is 24.4 Å². The maximum atomic E-state index is 12.9. The second kappa shape index (κ2) is 6.93. The Kier molecular flexibility index (Phi) is 4.71. The molecule has 3 rings (SSSR count). The number of halogens is 1. The van der Waals surface area contributed by atoms with Gasteiger partial charge >= 0.3 is 0 Å². The number of amides is 2. The van der Waals surface area contributed by atoms with Crippen molar-refractivity contribution in [2.45, 2.75) is 25.8 Å². The summed E-state index contributed by atoms with van der Waals surface area (Å²) in [6, 6.07) is 13.1. The van der Waals surface area contributed by atoms with E-state index in [1.165, 1.54) is 17.0 Å². The van der Waals surface area contributed by atoms with E-state index >= 15 is 0 Å². The summed E-state index contributed by atoms with van der Waals surface area (Å²) < 4.78 is 12.9. The number of anilines is 1. The molecule has 0 unspecified atom stereocenters. The third-order valence-corrected chi connectivity index (χ3v) is 4.16. The van der Waals surface area contributed by atoms with Gasteiger partial charge in [-0.2, -0.15) is 0 Å². The van der Waals surface area contributed by atoms with Gasteiger partial charge in [0.15, 0.2) is 0 Å². The second-order valence-electron chi connectivity index (χ2n) is 5.99. The molecule has 1 N–H and O–H groups in total. The highest BCUT2D eigenvalue weighted by Crippen LogP contribution is 2.23. The summed E-state index contributed by atoms with van der Waals surface area (Å²) in [6.07, 6.45) is 0.832. The molecule has 1 fully saturated rings. The van der Waals surface area contributed by atoms with Gasteiger partial charge in [0.2, 0.25) is 5.91 Å². The molecule has 0 saturated carbocycles. The normalized spacial score (nSPS) is 17.6. The van der Waals surface area contributed by atoms with Crippen LogP contribution in [-0.2, 0) is 16.0 Å². The number of hydrogen-bond acceptors (Lipinski definition) is 3. The van der Waals surface area contributed by atoms with E-state index in [1.54, 1.807) is 24.3 Å². The van der Waals surface area contributed by atoms with E-state index in [4.69, 9.17) is 0 Å². The van der Waals surface area contributed by atoms with E-state index in [1.807, 2.05) is 19.1 Å². The molecule has 1 aliphatic heterocycles. The molecule has 2 aromatic carbocycles. The number of imide groups is 1. The van der Waals surface area contributed by atoms with Crippen LogP contribution in [0.5, 0.6) is 0 Å². The van der Waals surface area contributed by atoms with Gasteiger partial charge in [0.05, 0.1) is 18.2 Å². The van der Waals surface area contributed by atoms with Crippen molar-refractivity contribution < 1.29 is 14.0 Å². The van der Waals surface area contributed by atoms with Crippen molar-refractivity contribution in [3.63, 3.8) is 0 Å². The molecule has 24 heavy (non-hydrogen) atoms. The summed E-state index contributed by atoms with van der Waals surface area (Å²) in [5.74, 6) is -0.678. The van der Waals surface area contributed by atoms with Crippen LogP contribution in [0.2, 0.25) is 0 Å². The first-order valence-corrected chi connectivity index (χ1v) is 7.96. The Hall–Kier alpha value is -2.53. The lowest BCUT2D eigenvalue weighted by atomic mass is 10.1. The van der Waals surface area contributed by atoms with Crippen LogP contribution in [0.4, 0.5) is 10.1 Å². The summed E-state index contributed by atoms with van der Waals surface area (Å²) in [5, 5.41) is 3.13. The van der Waals surface area contributed by atoms with Crippen LogP contribution in [0.15, 0.2) is 48.5 Å². The van der Waals surface area contributed by atoms with Crippen molar-refractivity contribution in [1.82, 2.24) is 5.32 Å². The number of nitrogens with zero attached hydrogens (tertiary/aromatic N) is 1. The summed E-state index contributed by atoms with van der Waals surface area (Å²) in [6.45, 7) is 2.51.